The number of nitrogens with zero attached hydrogens (tertiary/aromatic N) is 2. The standard InChI is InChI=1S/C20H22N4O3/c1-11(2)16-9-15(17-12(3)24-27-20(17)23-16)19(26)22-10-13-5-7-14(8-6-13)18(25)21-4/h5-9,11H,10H2,1-4H3,(H,21,25)(H,22,26). The predicted molar refractivity (Wildman–Crippen MR) is 102 cm³/mol. The van der Waals surface area contributed by atoms with Crippen LogP contribution in [0.25, 0.3) is 11.1 Å². The number of nitrogens with one attached hydrogen (secondary N) is 2. The van der Waals surface area contributed by atoms with Gasteiger partial charge in [0.25, 0.3) is 17.5 Å². The molecule has 1 aromatic carbocycles. The van der Waals surface area contributed by atoms with Crippen LogP contribution in [0.3, 0.4) is 0 Å². The van der Waals surface area contributed by atoms with Crippen molar-refractivity contribution < 1.29 is 14.1 Å². The summed E-state index contributed by atoms with van der Waals surface area (Å²) >= 11 is 0. The van der Waals surface area contributed by atoms with Gasteiger partial charge < -0.3 is 15.2 Å². The van der Waals surface area contributed by atoms with Gasteiger partial charge in [0.15, 0.2) is 0 Å². The van der Waals surface area contributed by atoms with Crippen LogP contribution in [0.1, 0.15) is 57.4 Å². The van der Waals surface area contributed by atoms with Gasteiger partial charge in [0, 0.05) is 24.8 Å². The predicted octanol–water partition coefficient (Wildman–Crippen LogP) is 2.94. The number of amides is 2. The summed E-state index contributed by atoms with van der Waals surface area (Å²) in [6, 6.07) is 8.88. The molecule has 0 saturated carbocycles. The van der Waals surface area contributed by atoms with Gasteiger partial charge in [0.2, 0.25) is 0 Å². The molecule has 2 N–H and O–H groups in total. The second kappa shape index (κ2) is 7.57. The molecule has 0 aliphatic carbocycles. The first-order valence-electron chi connectivity index (χ1n) is 8.76. The number of aromatic nitrogens is 2. The maximum Gasteiger partial charge on any atom is 0.259 e. The molecule has 0 spiro atoms. The van der Waals surface area contributed by atoms with Crippen molar-refractivity contribution in [1.82, 2.24) is 20.8 Å². The molecular formula is C20H22N4O3. The van der Waals surface area contributed by atoms with Crippen LogP contribution < -0.4 is 10.6 Å². The smallest absolute Gasteiger partial charge is 0.259 e. The summed E-state index contributed by atoms with van der Waals surface area (Å²) in [6.07, 6.45) is 0. The Hall–Kier alpha value is -3.22. The second-order valence-corrected chi connectivity index (χ2v) is 6.66. The molecule has 0 radical (unpaired) electrons. The van der Waals surface area contributed by atoms with E-state index in [0.29, 0.717) is 34.5 Å². The Morgan fingerprint density at radius 1 is 1.15 bits per heavy atom. The first-order chi connectivity index (χ1) is 12.9. The highest BCUT2D eigenvalue weighted by molar-refractivity contribution is 6.06. The molecule has 3 rings (SSSR count). The van der Waals surface area contributed by atoms with Crippen LogP contribution >= 0.6 is 0 Å². The van der Waals surface area contributed by atoms with E-state index < -0.39 is 0 Å². The normalized spacial score (nSPS) is 11.0. The van der Waals surface area contributed by atoms with Crippen LogP contribution in [-0.2, 0) is 6.54 Å². The summed E-state index contributed by atoms with van der Waals surface area (Å²) < 4.78 is 5.26. The number of carbonyl (C=O) groups is 2. The maximum absolute atomic E-state index is 12.8. The van der Waals surface area contributed by atoms with Gasteiger partial charge in [-0.25, -0.2) is 4.98 Å². The number of benzene rings is 1. The van der Waals surface area contributed by atoms with Crippen LogP contribution in [0, 0.1) is 6.92 Å². The molecular weight excluding hydrogens is 344 g/mol. The van der Waals surface area contributed by atoms with E-state index in [9.17, 15) is 9.59 Å². The van der Waals surface area contributed by atoms with E-state index in [1.165, 1.54) is 0 Å². The van der Waals surface area contributed by atoms with Gasteiger partial charge in [-0.1, -0.05) is 31.1 Å². The lowest BCUT2D eigenvalue weighted by atomic mass is 10.0. The molecule has 0 saturated heterocycles. The van der Waals surface area contributed by atoms with Crippen molar-refractivity contribution >= 4 is 22.9 Å². The molecule has 27 heavy (non-hydrogen) atoms. The molecule has 3 aromatic rings. The number of hydrogen-bond donors (Lipinski definition) is 2. The molecule has 0 aliphatic rings. The minimum absolute atomic E-state index is 0.145. The monoisotopic (exact) mass is 366 g/mol. The number of aryl methyl sites for hydroxylation is 1. The number of carbonyl (C=O) groups excluding carboxylic acids is 2. The largest absolute Gasteiger partial charge is 0.355 e. The third-order valence-electron chi connectivity index (χ3n) is 4.37. The molecule has 0 atom stereocenters. The van der Waals surface area contributed by atoms with E-state index in [4.69, 9.17) is 4.52 Å². The summed E-state index contributed by atoms with van der Waals surface area (Å²) in [7, 11) is 1.59. The van der Waals surface area contributed by atoms with Crippen LogP contribution in [0.15, 0.2) is 34.9 Å². The van der Waals surface area contributed by atoms with Gasteiger partial charge >= 0.3 is 0 Å². The highest BCUT2D eigenvalue weighted by atomic mass is 16.5. The molecule has 2 aromatic heterocycles. The SMILES string of the molecule is CNC(=O)c1ccc(CNC(=O)c2cc(C(C)C)nc3onc(C)c23)cc1. The number of hydrogen-bond acceptors (Lipinski definition) is 5. The van der Waals surface area contributed by atoms with Crippen LogP contribution in [-0.4, -0.2) is 29.0 Å². The van der Waals surface area contributed by atoms with Gasteiger partial charge in [-0.2, -0.15) is 0 Å². The topological polar surface area (TPSA) is 97.1 Å². The van der Waals surface area contributed by atoms with E-state index in [-0.39, 0.29) is 17.7 Å². The Labute approximate surface area is 157 Å². The van der Waals surface area contributed by atoms with Crippen molar-refractivity contribution in [2.75, 3.05) is 7.05 Å². The third-order valence-corrected chi connectivity index (χ3v) is 4.37. The fourth-order valence-corrected chi connectivity index (χ4v) is 2.78. The Kier molecular flexibility index (Phi) is 5.21. The average Bonchev–Trinajstić information content (AvgIpc) is 3.06. The summed E-state index contributed by atoms with van der Waals surface area (Å²) in [4.78, 5) is 28.8. The maximum atomic E-state index is 12.8. The van der Waals surface area contributed by atoms with Gasteiger partial charge in [0.1, 0.15) is 0 Å². The molecule has 140 valence electrons. The van der Waals surface area contributed by atoms with Gasteiger partial charge in [-0.3, -0.25) is 9.59 Å². The zero-order valence-electron chi connectivity index (χ0n) is 15.8. The fourth-order valence-electron chi connectivity index (χ4n) is 2.78. The summed E-state index contributed by atoms with van der Waals surface area (Å²) in [5.74, 6) is -0.205. The average molecular weight is 366 g/mol. The van der Waals surface area contributed by atoms with Gasteiger partial charge in [-0.15, -0.1) is 0 Å². The number of rotatable bonds is 5. The lowest BCUT2D eigenvalue weighted by Gasteiger charge is -2.10. The quantitative estimate of drug-likeness (QED) is 0.724. The summed E-state index contributed by atoms with van der Waals surface area (Å²) in [5, 5.41) is 10.1. The first-order valence-corrected chi connectivity index (χ1v) is 8.76. The molecule has 2 heterocycles. The molecule has 2 amide bonds. The van der Waals surface area contributed by atoms with Gasteiger partial charge in [0.05, 0.1) is 16.6 Å². The molecule has 7 nitrogen and oxygen atoms in total. The van der Waals surface area contributed by atoms with Crippen molar-refractivity contribution in [1.29, 1.82) is 0 Å². The highest BCUT2D eigenvalue weighted by Gasteiger charge is 2.19. The minimum atomic E-state index is -0.217. The molecule has 0 bridgehead atoms. The van der Waals surface area contributed by atoms with E-state index >= 15 is 0 Å². The first kappa shape index (κ1) is 18.6. The van der Waals surface area contributed by atoms with E-state index in [2.05, 4.69) is 20.8 Å². The molecule has 7 heteroatoms. The Balaban J connectivity index is 1.82. The van der Waals surface area contributed by atoms with Crippen molar-refractivity contribution in [2.24, 2.45) is 0 Å². The Morgan fingerprint density at radius 2 is 1.85 bits per heavy atom. The molecule has 0 fully saturated rings. The molecule has 0 aliphatic heterocycles. The minimum Gasteiger partial charge on any atom is -0.355 e. The van der Waals surface area contributed by atoms with E-state index in [1.54, 1.807) is 32.2 Å². The van der Waals surface area contributed by atoms with Crippen molar-refractivity contribution in [2.45, 2.75) is 33.2 Å². The third kappa shape index (κ3) is 3.81. The molecule has 0 unspecified atom stereocenters. The zero-order valence-corrected chi connectivity index (χ0v) is 15.8. The van der Waals surface area contributed by atoms with Crippen molar-refractivity contribution in [3.63, 3.8) is 0 Å². The lowest BCUT2D eigenvalue weighted by molar-refractivity contribution is 0.0947. The summed E-state index contributed by atoms with van der Waals surface area (Å²) in [5.41, 5.74) is 3.76. The highest BCUT2D eigenvalue weighted by Crippen LogP contribution is 2.25. The van der Waals surface area contributed by atoms with Crippen molar-refractivity contribution in [3.8, 4) is 0 Å². The lowest BCUT2D eigenvalue weighted by Crippen LogP contribution is -2.23. The second-order valence-electron chi connectivity index (χ2n) is 6.66. The van der Waals surface area contributed by atoms with Crippen molar-refractivity contribution in [3.05, 3.63) is 58.4 Å². The van der Waals surface area contributed by atoms with Crippen LogP contribution in [0.2, 0.25) is 0 Å². The van der Waals surface area contributed by atoms with E-state index in [0.717, 1.165) is 11.3 Å². The number of pyridine rings is 1. The van der Waals surface area contributed by atoms with Crippen LogP contribution in [0.4, 0.5) is 0 Å². The van der Waals surface area contributed by atoms with Gasteiger partial charge in [-0.05, 0) is 36.6 Å². The fraction of sp³-hybridized carbons (Fsp3) is 0.300. The zero-order chi connectivity index (χ0) is 19.6. The Morgan fingerprint density at radius 3 is 2.48 bits per heavy atom. The summed E-state index contributed by atoms with van der Waals surface area (Å²) in [6.45, 7) is 6.15. The van der Waals surface area contributed by atoms with Crippen LogP contribution in [0.5, 0.6) is 0 Å². The Bertz CT molecular complexity index is 990. The van der Waals surface area contributed by atoms with E-state index in [1.807, 2.05) is 26.0 Å². The number of fused-ring (bicyclic) bond motifs is 1.